The quantitative estimate of drug-likeness (QED) is 0.734. The van der Waals surface area contributed by atoms with Crippen LogP contribution < -0.4 is 5.32 Å². The van der Waals surface area contributed by atoms with E-state index in [9.17, 15) is 8.78 Å². The Morgan fingerprint density at radius 1 is 1.05 bits per heavy atom. The van der Waals surface area contributed by atoms with Crippen LogP contribution in [0, 0.1) is 0 Å². The lowest BCUT2D eigenvalue weighted by Gasteiger charge is -2.08. The molecule has 114 valence electrons. The van der Waals surface area contributed by atoms with E-state index < -0.39 is 5.76 Å². The van der Waals surface area contributed by atoms with Crippen LogP contribution in [0.4, 0.5) is 14.5 Å². The van der Waals surface area contributed by atoms with Gasteiger partial charge in [0.1, 0.15) is 11.5 Å². The molecule has 0 aliphatic heterocycles. The number of anilines is 1. The van der Waals surface area contributed by atoms with Gasteiger partial charge in [0.15, 0.2) is 0 Å². The Bertz CT molecular complexity index is 552. The summed E-state index contributed by atoms with van der Waals surface area (Å²) >= 11 is 0.569. The number of alkyl halides is 2. The Hall–Kier alpha value is -1.49. The molecule has 0 spiro atoms. The van der Waals surface area contributed by atoms with Crippen molar-refractivity contribution in [3.8, 4) is 0 Å². The van der Waals surface area contributed by atoms with Crippen molar-refractivity contribution >= 4 is 17.4 Å². The summed E-state index contributed by atoms with van der Waals surface area (Å²) in [5.74, 6) is -0.337. The van der Waals surface area contributed by atoms with Gasteiger partial charge in [0.05, 0.1) is 12.3 Å². The van der Waals surface area contributed by atoms with Crippen molar-refractivity contribution in [2.45, 2.75) is 37.8 Å². The summed E-state index contributed by atoms with van der Waals surface area (Å²) in [6.07, 6.45) is 0. The van der Waals surface area contributed by atoms with Gasteiger partial charge >= 0.3 is 0 Å². The van der Waals surface area contributed by atoms with Crippen LogP contribution in [0.3, 0.4) is 0 Å². The van der Waals surface area contributed by atoms with Crippen LogP contribution in [0.5, 0.6) is 0 Å². The van der Waals surface area contributed by atoms with Gasteiger partial charge in [-0.25, -0.2) is 0 Å². The van der Waals surface area contributed by atoms with Crippen LogP contribution in [0.1, 0.15) is 36.8 Å². The molecule has 0 radical (unpaired) electrons. The first-order chi connectivity index (χ1) is 10.0. The van der Waals surface area contributed by atoms with Gasteiger partial charge < -0.3 is 9.73 Å². The molecular weight excluding hydrogens is 292 g/mol. The Morgan fingerprint density at radius 3 is 2.33 bits per heavy atom. The van der Waals surface area contributed by atoms with E-state index in [1.165, 1.54) is 5.56 Å². The zero-order chi connectivity index (χ0) is 15.2. The van der Waals surface area contributed by atoms with Gasteiger partial charge in [0, 0.05) is 5.69 Å². The lowest BCUT2D eigenvalue weighted by molar-refractivity contribution is 0.251. The molecule has 2 nitrogen and oxygen atoms in total. The van der Waals surface area contributed by atoms with Crippen molar-refractivity contribution in [3.63, 3.8) is 0 Å². The third-order valence-corrected chi connectivity index (χ3v) is 3.82. The van der Waals surface area contributed by atoms with Crippen LogP contribution >= 0.6 is 11.8 Å². The molecule has 1 aromatic carbocycles. The van der Waals surface area contributed by atoms with Crippen molar-refractivity contribution in [1.29, 1.82) is 0 Å². The van der Waals surface area contributed by atoms with E-state index in [0.717, 1.165) is 11.4 Å². The normalized spacial score (nSPS) is 11.3. The summed E-state index contributed by atoms with van der Waals surface area (Å²) in [4.78, 5) is 0. The molecular formula is C16H19F2NOS. The van der Waals surface area contributed by atoms with E-state index >= 15 is 0 Å². The SMILES string of the molecule is CC(C)c1ccc(NCc2ccc(CSC(F)F)o2)cc1. The van der Waals surface area contributed by atoms with Crippen molar-refractivity contribution < 1.29 is 13.2 Å². The molecule has 0 bridgehead atoms. The standard InChI is InChI=1S/C16H19F2NOS/c1-11(2)12-3-5-13(6-4-12)19-9-14-7-8-15(20-14)10-21-16(17)18/h3-8,11,16,19H,9-10H2,1-2H3. The van der Waals surface area contributed by atoms with Gasteiger partial charge in [0.25, 0.3) is 5.76 Å². The van der Waals surface area contributed by atoms with Gasteiger partial charge in [-0.1, -0.05) is 37.7 Å². The number of rotatable bonds is 7. The van der Waals surface area contributed by atoms with Crippen LogP contribution in [0.2, 0.25) is 0 Å². The molecule has 0 aliphatic carbocycles. The molecule has 0 saturated carbocycles. The average Bonchev–Trinajstić information content (AvgIpc) is 2.91. The third-order valence-electron chi connectivity index (χ3n) is 3.11. The first-order valence-corrected chi connectivity index (χ1v) is 7.90. The Kier molecular flexibility index (Phi) is 5.67. The first kappa shape index (κ1) is 15.9. The van der Waals surface area contributed by atoms with E-state index in [1.807, 2.05) is 18.2 Å². The second-order valence-electron chi connectivity index (χ2n) is 5.07. The van der Waals surface area contributed by atoms with Gasteiger partial charge in [-0.15, -0.1) is 0 Å². The number of benzene rings is 1. The molecule has 5 heteroatoms. The number of nitrogens with one attached hydrogen (secondary N) is 1. The lowest BCUT2D eigenvalue weighted by Crippen LogP contribution is -1.98. The van der Waals surface area contributed by atoms with E-state index in [-0.39, 0.29) is 5.75 Å². The number of thioether (sulfide) groups is 1. The molecule has 1 N–H and O–H groups in total. The highest BCUT2D eigenvalue weighted by Crippen LogP contribution is 2.22. The first-order valence-electron chi connectivity index (χ1n) is 6.86. The summed E-state index contributed by atoms with van der Waals surface area (Å²) in [6.45, 7) is 4.86. The molecule has 2 rings (SSSR count). The lowest BCUT2D eigenvalue weighted by atomic mass is 10.0. The summed E-state index contributed by atoms with van der Waals surface area (Å²) in [5, 5.41) is 3.26. The molecule has 0 fully saturated rings. The second-order valence-corrected chi connectivity index (χ2v) is 6.05. The molecule has 0 atom stereocenters. The molecule has 21 heavy (non-hydrogen) atoms. The fourth-order valence-corrected chi connectivity index (χ4v) is 2.36. The number of hydrogen-bond donors (Lipinski definition) is 1. The van der Waals surface area contributed by atoms with Crippen LogP contribution in [0.25, 0.3) is 0 Å². The summed E-state index contributed by atoms with van der Waals surface area (Å²) < 4.78 is 29.7. The monoisotopic (exact) mass is 311 g/mol. The highest BCUT2D eigenvalue weighted by molar-refractivity contribution is 7.98. The van der Waals surface area contributed by atoms with Crippen LogP contribution in [0.15, 0.2) is 40.8 Å². The predicted octanol–water partition coefficient (Wildman–Crippen LogP) is 5.47. The summed E-state index contributed by atoms with van der Waals surface area (Å²) in [7, 11) is 0. The smallest absolute Gasteiger partial charge is 0.284 e. The molecule has 0 aliphatic rings. The average molecular weight is 311 g/mol. The Labute approximate surface area is 127 Å². The number of hydrogen-bond acceptors (Lipinski definition) is 3. The number of furan rings is 1. The third kappa shape index (κ3) is 5.08. The maximum Gasteiger partial charge on any atom is 0.284 e. The van der Waals surface area contributed by atoms with Crippen molar-refractivity contribution in [2.24, 2.45) is 0 Å². The minimum atomic E-state index is -2.36. The topological polar surface area (TPSA) is 25.2 Å². The summed E-state index contributed by atoms with van der Waals surface area (Å²) in [6, 6.07) is 11.8. The maximum atomic E-state index is 12.1. The van der Waals surface area contributed by atoms with E-state index in [1.54, 1.807) is 6.07 Å². The van der Waals surface area contributed by atoms with Gasteiger partial charge in [-0.2, -0.15) is 8.78 Å². The minimum absolute atomic E-state index is 0.195. The molecule has 0 unspecified atom stereocenters. The second kappa shape index (κ2) is 7.50. The Balaban J connectivity index is 1.85. The highest BCUT2D eigenvalue weighted by atomic mass is 32.2. The highest BCUT2D eigenvalue weighted by Gasteiger charge is 2.07. The molecule has 0 saturated heterocycles. The predicted molar refractivity (Wildman–Crippen MR) is 83.9 cm³/mol. The molecule has 2 aromatic rings. The van der Waals surface area contributed by atoms with Gasteiger partial charge in [-0.05, 0) is 35.7 Å². The van der Waals surface area contributed by atoms with E-state index in [4.69, 9.17) is 4.42 Å². The zero-order valence-corrected chi connectivity index (χ0v) is 12.9. The van der Waals surface area contributed by atoms with E-state index in [2.05, 4.69) is 31.3 Å². The van der Waals surface area contributed by atoms with Crippen LogP contribution in [-0.4, -0.2) is 5.76 Å². The summed E-state index contributed by atoms with van der Waals surface area (Å²) in [5.41, 5.74) is 2.31. The number of halogens is 2. The van der Waals surface area contributed by atoms with E-state index in [0.29, 0.717) is 30.0 Å². The minimum Gasteiger partial charge on any atom is -0.463 e. The largest absolute Gasteiger partial charge is 0.463 e. The molecule has 0 amide bonds. The van der Waals surface area contributed by atoms with Crippen LogP contribution in [-0.2, 0) is 12.3 Å². The van der Waals surface area contributed by atoms with Crippen molar-refractivity contribution in [1.82, 2.24) is 0 Å². The van der Waals surface area contributed by atoms with Gasteiger partial charge in [-0.3, -0.25) is 0 Å². The van der Waals surface area contributed by atoms with Gasteiger partial charge in [0.2, 0.25) is 0 Å². The fourth-order valence-electron chi connectivity index (χ4n) is 1.92. The van der Waals surface area contributed by atoms with Crippen molar-refractivity contribution in [2.75, 3.05) is 5.32 Å². The molecule has 1 heterocycles. The van der Waals surface area contributed by atoms with Crippen molar-refractivity contribution in [3.05, 3.63) is 53.5 Å². The zero-order valence-electron chi connectivity index (χ0n) is 12.1. The molecule has 1 aromatic heterocycles. The maximum absolute atomic E-state index is 12.1. The fraction of sp³-hybridized carbons (Fsp3) is 0.375. The Morgan fingerprint density at radius 2 is 1.71 bits per heavy atom.